The van der Waals surface area contributed by atoms with Crippen molar-refractivity contribution in [1.82, 2.24) is 0 Å². The molecule has 0 spiro atoms. The van der Waals surface area contributed by atoms with Crippen molar-refractivity contribution >= 4 is 39.5 Å². The van der Waals surface area contributed by atoms with E-state index in [-0.39, 0.29) is 25.7 Å². The van der Waals surface area contributed by atoms with Crippen molar-refractivity contribution in [3.8, 4) is 0 Å². The molecule has 0 aromatic heterocycles. The Hall–Kier alpha value is -1.94. The first-order valence-corrected chi connectivity index (χ1v) is 44.0. The third-order valence-corrected chi connectivity index (χ3v) is 20.4. The molecule has 98 heavy (non-hydrogen) atoms. The second-order valence-corrected chi connectivity index (χ2v) is 32.3. The van der Waals surface area contributed by atoms with E-state index in [0.29, 0.717) is 25.7 Å². The smallest absolute Gasteiger partial charge is 0.462 e. The Labute approximate surface area is 600 Å². The molecule has 0 aliphatic carbocycles. The van der Waals surface area contributed by atoms with Crippen LogP contribution in [0, 0.1) is 11.8 Å². The number of carbonyl (C=O) groups excluding carboxylic acids is 4. The van der Waals surface area contributed by atoms with Gasteiger partial charge in [-0.25, -0.2) is 9.13 Å². The lowest BCUT2D eigenvalue weighted by molar-refractivity contribution is -0.161. The highest BCUT2D eigenvalue weighted by molar-refractivity contribution is 7.47. The number of hydrogen-bond acceptors (Lipinski definition) is 15. The van der Waals surface area contributed by atoms with Gasteiger partial charge in [0, 0.05) is 25.7 Å². The van der Waals surface area contributed by atoms with Gasteiger partial charge in [0.25, 0.3) is 0 Å². The monoisotopic (exact) mass is 1440 g/mol. The van der Waals surface area contributed by atoms with Crippen LogP contribution in [0.1, 0.15) is 414 Å². The first-order valence-electron chi connectivity index (χ1n) is 41.0. The number of rotatable bonds is 78. The summed E-state index contributed by atoms with van der Waals surface area (Å²) < 4.78 is 68.7. The standard InChI is InChI=1S/C79H154O17P2/c1-7-9-11-13-15-17-19-21-22-23-24-26-32-39-45-51-57-63-78(83)95-74(68-90-77(82)62-56-50-44-38-33-27-29-35-41-47-53-59-71(3)4)69-93-97(85,86)91-65-73(80)66-92-98(87,88)94-70-75(67-89-76(81)61-55-49-43-37-31-25-20-18-16-14-12-10-8-2)96-79(84)64-58-52-46-40-34-28-30-36-42-48-54-60-72(5)6/h71-75,80H,7-70H2,1-6H3,(H,85,86)(H,87,88)/t73-,74-,75-/m1/s1. The Morgan fingerprint density at radius 3 is 0.694 bits per heavy atom. The van der Waals surface area contributed by atoms with Gasteiger partial charge in [-0.3, -0.25) is 37.3 Å². The van der Waals surface area contributed by atoms with Gasteiger partial charge in [-0.05, 0) is 37.5 Å². The lowest BCUT2D eigenvalue weighted by atomic mass is 10.0. The van der Waals surface area contributed by atoms with Gasteiger partial charge < -0.3 is 33.8 Å². The van der Waals surface area contributed by atoms with Gasteiger partial charge in [0.05, 0.1) is 26.4 Å². The number of phosphoric ester groups is 2. The predicted molar refractivity (Wildman–Crippen MR) is 400 cm³/mol. The second-order valence-electron chi connectivity index (χ2n) is 29.4. The van der Waals surface area contributed by atoms with Gasteiger partial charge in [0.15, 0.2) is 12.2 Å². The first-order chi connectivity index (χ1) is 47.4. The molecule has 17 nitrogen and oxygen atoms in total. The minimum atomic E-state index is -4.96. The number of ether oxygens (including phenoxy) is 4. The maximum absolute atomic E-state index is 13.1. The van der Waals surface area contributed by atoms with Crippen molar-refractivity contribution in [3.63, 3.8) is 0 Å². The van der Waals surface area contributed by atoms with Gasteiger partial charge in [0.2, 0.25) is 0 Å². The number of unbranched alkanes of at least 4 members (excludes halogenated alkanes) is 48. The van der Waals surface area contributed by atoms with Crippen molar-refractivity contribution in [1.29, 1.82) is 0 Å². The van der Waals surface area contributed by atoms with Gasteiger partial charge in [-0.2, -0.15) is 0 Å². The highest BCUT2D eigenvalue weighted by atomic mass is 31.2. The summed E-state index contributed by atoms with van der Waals surface area (Å²) in [4.78, 5) is 73.0. The van der Waals surface area contributed by atoms with Gasteiger partial charge in [0.1, 0.15) is 19.3 Å². The first kappa shape index (κ1) is 96.1. The molecule has 0 amide bonds. The molecule has 0 aliphatic rings. The van der Waals surface area contributed by atoms with Crippen LogP contribution in [0.5, 0.6) is 0 Å². The molecule has 0 heterocycles. The van der Waals surface area contributed by atoms with Crippen LogP contribution in [-0.4, -0.2) is 96.7 Å². The molecule has 0 saturated heterocycles. The molecule has 0 fully saturated rings. The maximum atomic E-state index is 13.1. The quantitative estimate of drug-likeness (QED) is 0.0222. The molecule has 582 valence electrons. The normalized spacial score (nSPS) is 13.9. The van der Waals surface area contributed by atoms with Gasteiger partial charge in [-0.15, -0.1) is 0 Å². The number of aliphatic hydroxyl groups is 1. The van der Waals surface area contributed by atoms with Crippen LogP contribution in [0.3, 0.4) is 0 Å². The summed E-state index contributed by atoms with van der Waals surface area (Å²) in [5, 5.41) is 10.6. The van der Waals surface area contributed by atoms with E-state index in [0.717, 1.165) is 102 Å². The molecule has 0 radical (unpaired) electrons. The molecule has 0 aromatic rings. The van der Waals surface area contributed by atoms with Crippen molar-refractivity contribution in [2.45, 2.75) is 432 Å². The van der Waals surface area contributed by atoms with Crippen molar-refractivity contribution < 1.29 is 80.2 Å². The lowest BCUT2D eigenvalue weighted by Gasteiger charge is -2.21. The summed E-state index contributed by atoms with van der Waals surface area (Å²) in [6, 6.07) is 0. The molecular weight excluding hydrogens is 1280 g/mol. The zero-order valence-corrected chi connectivity index (χ0v) is 65.9. The van der Waals surface area contributed by atoms with E-state index < -0.39 is 97.5 Å². The summed E-state index contributed by atoms with van der Waals surface area (Å²) in [7, 11) is -9.92. The van der Waals surface area contributed by atoms with E-state index in [1.54, 1.807) is 0 Å². The zero-order valence-electron chi connectivity index (χ0n) is 64.1. The predicted octanol–water partition coefficient (Wildman–Crippen LogP) is 23.5. The second kappa shape index (κ2) is 70.7. The fourth-order valence-electron chi connectivity index (χ4n) is 12.2. The number of aliphatic hydroxyl groups excluding tert-OH is 1. The average Bonchev–Trinajstić information content (AvgIpc) is 0.997. The van der Waals surface area contributed by atoms with E-state index >= 15 is 0 Å². The molecule has 0 saturated carbocycles. The topological polar surface area (TPSA) is 237 Å². The minimum absolute atomic E-state index is 0.107. The van der Waals surface area contributed by atoms with E-state index in [1.165, 1.54) is 231 Å². The van der Waals surface area contributed by atoms with Crippen LogP contribution in [-0.2, 0) is 65.4 Å². The molecule has 0 bridgehead atoms. The van der Waals surface area contributed by atoms with Crippen molar-refractivity contribution in [2.24, 2.45) is 11.8 Å². The highest BCUT2D eigenvalue weighted by Gasteiger charge is 2.30. The summed E-state index contributed by atoms with van der Waals surface area (Å²) in [5.41, 5.74) is 0. The highest BCUT2D eigenvalue weighted by Crippen LogP contribution is 2.45. The van der Waals surface area contributed by atoms with Crippen molar-refractivity contribution in [3.05, 3.63) is 0 Å². The van der Waals surface area contributed by atoms with E-state index in [9.17, 15) is 43.2 Å². The molecule has 19 heteroatoms. The van der Waals surface area contributed by atoms with Crippen molar-refractivity contribution in [2.75, 3.05) is 39.6 Å². The van der Waals surface area contributed by atoms with E-state index in [4.69, 9.17) is 37.0 Å². The summed E-state index contributed by atoms with van der Waals surface area (Å²) in [6.45, 7) is 9.63. The van der Waals surface area contributed by atoms with Crippen LogP contribution < -0.4 is 0 Å². The lowest BCUT2D eigenvalue weighted by Crippen LogP contribution is -2.30. The largest absolute Gasteiger partial charge is 0.472 e. The summed E-state index contributed by atoms with van der Waals surface area (Å²) in [5.74, 6) is -0.572. The molecule has 2 unspecified atom stereocenters. The summed E-state index contributed by atoms with van der Waals surface area (Å²) in [6.07, 6.45) is 59.5. The third-order valence-electron chi connectivity index (χ3n) is 18.5. The average molecular weight is 1440 g/mol. The van der Waals surface area contributed by atoms with E-state index in [1.807, 2.05) is 0 Å². The van der Waals surface area contributed by atoms with Crippen LogP contribution in [0.4, 0.5) is 0 Å². The Balaban J connectivity index is 5.27. The molecular formula is C79H154O17P2. The molecule has 0 aliphatic heterocycles. The number of phosphoric acid groups is 2. The number of hydrogen-bond donors (Lipinski definition) is 3. The number of carbonyl (C=O) groups is 4. The van der Waals surface area contributed by atoms with Crippen LogP contribution in [0.25, 0.3) is 0 Å². The minimum Gasteiger partial charge on any atom is -0.462 e. The van der Waals surface area contributed by atoms with Gasteiger partial charge in [-0.1, -0.05) is 363 Å². The SMILES string of the molecule is CCCCCCCCCCCCCCCCCCCC(=O)O[C@H](COC(=O)CCCCCCCCCCCCCC(C)C)COP(=O)(O)OC[C@@H](O)COP(=O)(O)OC[C@@H](COC(=O)CCCCCCCCCCCCCCC)OC(=O)CCCCCCCCCCCCCC(C)C. The molecule has 0 aromatic carbocycles. The number of esters is 4. The Morgan fingerprint density at radius 1 is 0.276 bits per heavy atom. The Kier molecular flexibility index (Phi) is 69.3. The molecule has 3 N–H and O–H groups in total. The van der Waals surface area contributed by atoms with E-state index in [2.05, 4.69) is 41.5 Å². The maximum Gasteiger partial charge on any atom is 0.472 e. The third kappa shape index (κ3) is 72.4. The molecule has 0 rings (SSSR count). The fraction of sp³-hybridized carbons (Fsp3) is 0.949. The van der Waals surface area contributed by atoms with Crippen LogP contribution in [0.2, 0.25) is 0 Å². The summed E-state index contributed by atoms with van der Waals surface area (Å²) >= 11 is 0. The molecule has 5 atom stereocenters. The van der Waals surface area contributed by atoms with Crippen LogP contribution in [0.15, 0.2) is 0 Å². The Morgan fingerprint density at radius 2 is 0.469 bits per heavy atom. The fourth-order valence-corrected chi connectivity index (χ4v) is 13.8. The van der Waals surface area contributed by atoms with Crippen LogP contribution >= 0.6 is 15.6 Å². The van der Waals surface area contributed by atoms with Gasteiger partial charge >= 0.3 is 39.5 Å². The zero-order chi connectivity index (χ0) is 72.1. The Bertz CT molecular complexity index is 1890.